The second-order valence-corrected chi connectivity index (χ2v) is 6.19. The summed E-state index contributed by atoms with van der Waals surface area (Å²) in [5, 5.41) is 9.93. The second kappa shape index (κ2) is 4.58. The van der Waals surface area contributed by atoms with Crippen LogP contribution in [0.15, 0.2) is 12.1 Å². The number of hydrogen-bond acceptors (Lipinski definition) is 4. The summed E-state index contributed by atoms with van der Waals surface area (Å²) >= 11 is 1.55. The number of fused-ring (bicyclic) bond motifs is 1. The van der Waals surface area contributed by atoms with Gasteiger partial charge in [-0.15, -0.1) is 0 Å². The molecular formula is C14H16N2O2S. The van der Waals surface area contributed by atoms with E-state index < -0.39 is 0 Å². The Kier molecular flexibility index (Phi) is 3.03. The quantitative estimate of drug-likeness (QED) is 0.915. The predicted molar refractivity (Wildman–Crippen MR) is 76.6 cm³/mol. The van der Waals surface area contributed by atoms with Gasteiger partial charge in [0.05, 0.1) is 10.2 Å². The van der Waals surface area contributed by atoms with E-state index in [1.165, 1.54) is 5.56 Å². The lowest BCUT2D eigenvalue weighted by Gasteiger charge is -2.11. The van der Waals surface area contributed by atoms with Crippen molar-refractivity contribution in [1.29, 1.82) is 0 Å². The van der Waals surface area contributed by atoms with E-state index in [1.54, 1.807) is 16.2 Å². The van der Waals surface area contributed by atoms with Gasteiger partial charge in [-0.3, -0.25) is 9.69 Å². The first kappa shape index (κ1) is 12.6. The van der Waals surface area contributed by atoms with Crippen LogP contribution in [0.1, 0.15) is 17.5 Å². The highest BCUT2D eigenvalue weighted by molar-refractivity contribution is 7.22. The molecule has 0 bridgehead atoms. The SMILES string of the molecule is Cc1cc(C)c2nc(N3CC(CO)CC3=O)sc2c1. The monoisotopic (exact) mass is 276 g/mol. The molecule has 19 heavy (non-hydrogen) atoms. The minimum absolute atomic E-state index is 0.0438. The molecule has 1 fully saturated rings. The molecule has 2 heterocycles. The number of rotatable bonds is 2. The van der Waals surface area contributed by atoms with Crippen molar-refractivity contribution in [3.8, 4) is 0 Å². The number of aromatic nitrogens is 1. The summed E-state index contributed by atoms with van der Waals surface area (Å²) in [6.45, 7) is 4.74. The topological polar surface area (TPSA) is 53.4 Å². The normalized spacial score (nSPS) is 19.6. The Morgan fingerprint density at radius 2 is 2.26 bits per heavy atom. The molecular weight excluding hydrogens is 260 g/mol. The largest absolute Gasteiger partial charge is 0.396 e. The van der Waals surface area contributed by atoms with Crippen molar-refractivity contribution >= 4 is 32.6 Å². The Morgan fingerprint density at radius 3 is 2.95 bits per heavy atom. The van der Waals surface area contributed by atoms with Crippen molar-refractivity contribution < 1.29 is 9.90 Å². The number of carbonyl (C=O) groups is 1. The molecule has 1 aromatic carbocycles. The summed E-state index contributed by atoms with van der Waals surface area (Å²) in [5.41, 5.74) is 3.33. The van der Waals surface area contributed by atoms with Gasteiger partial charge in [0.1, 0.15) is 0 Å². The van der Waals surface area contributed by atoms with Gasteiger partial charge in [-0.1, -0.05) is 17.4 Å². The fraction of sp³-hybridized carbons (Fsp3) is 0.429. The molecule has 1 aliphatic rings. The van der Waals surface area contributed by atoms with E-state index in [9.17, 15) is 9.90 Å². The van der Waals surface area contributed by atoms with Crippen molar-refractivity contribution in [2.75, 3.05) is 18.1 Å². The number of hydrogen-bond donors (Lipinski definition) is 1. The summed E-state index contributed by atoms with van der Waals surface area (Å²) in [5.74, 6) is 0.106. The first-order chi connectivity index (χ1) is 9.08. The van der Waals surface area contributed by atoms with Gasteiger partial charge in [-0.05, 0) is 31.0 Å². The molecule has 4 nitrogen and oxygen atoms in total. The van der Waals surface area contributed by atoms with Crippen molar-refractivity contribution in [3.05, 3.63) is 23.3 Å². The summed E-state index contributed by atoms with van der Waals surface area (Å²) in [6.07, 6.45) is 0.421. The average molecular weight is 276 g/mol. The van der Waals surface area contributed by atoms with Crippen molar-refractivity contribution in [3.63, 3.8) is 0 Å². The number of benzene rings is 1. The van der Waals surface area contributed by atoms with Crippen LogP contribution in [-0.4, -0.2) is 29.1 Å². The van der Waals surface area contributed by atoms with Gasteiger partial charge >= 0.3 is 0 Å². The van der Waals surface area contributed by atoms with Gasteiger partial charge in [0.15, 0.2) is 5.13 Å². The summed E-state index contributed by atoms with van der Waals surface area (Å²) in [7, 11) is 0. The standard InChI is InChI=1S/C14H16N2O2S/c1-8-3-9(2)13-11(4-8)19-14(15-13)16-6-10(7-17)5-12(16)18/h3-4,10,17H,5-7H2,1-2H3. The third-order valence-electron chi connectivity index (χ3n) is 3.51. The van der Waals surface area contributed by atoms with Crippen molar-refractivity contribution in [2.45, 2.75) is 20.3 Å². The number of anilines is 1. The van der Waals surface area contributed by atoms with Gasteiger partial charge in [-0.2, -0.15) is 0 Å². The van der Waals surface area contributed by atoms with E-state index in [1.807, 2.05) is 6.92 Å². The molecule has 0 radical (unpaired) electrons. The van der Waals surface area contributed by atoms with Crippen LogP contribution in [-0.2, 0) is 4.79 Å². The smallest absolute Gasteiger partial charge is 0.229 e. The number of carbonyl (C=O) groups excluding carboxylic acids is 1. The molecule has 1 saturated heterocycles. The third kappa shape index (κ3) is 2.13. The van der Waals surface area contributed by atoms with Crippen LogP contribution in [0.4, 0.5) is 5.13 Å². The Hall–Kier alpha value is -1.46. The maximum atomic E-state index is 12.0. The lowest BCUT2D eigenvalue weighted by molar-refractivity contribution is -0.117. The molecule has 5 heteroatoms. The highest BCUT2D eigenvalue weighted by Gasteiger charge is 2.32. The molecule has 1 aromatic heterocycles. The fourth-order valence-corrected chi connectivity index (χ4v) is 3.73. The average Bonchev–Trinajstić information content (AvgIpc) is 2.92. The van der Waals surface area contributed by atoms with Crippen LogP contribution in [0.2, 0.25) is 0 Å². The maximum absolute atomic E-state index is 12.0. The van der Waals surface area contributed by atoms with E-state index in [-0.39, 0.29) is 18.4 Å². The number of aliphatic hydroxyl groups excluding tert-OH is 1. The van der Waals surface area contributed by atoms with Crippen LogP contribution < -0.4 is 4.90 Å². The Morgan fingerprint density at radius 1 is 1.47 bits per heavy atom. The molecule has 3 rings (SSSR count). The minimum atomic E-state index is 0.0438. The molecule has 1 unspecified atom stereocenters. The molecule has 1 aliphatic heterocycles. The highest BCUT2D eigenvalue weighted by Crippen LogP contribution is 2.34. The lowest BCUT2D eigenvalue weighted by atomic mass is 10.1. The number of thiazole rings is 1. The molecule has 0 spiro atoms. The Balaban J connectivity index is 2.02. The third-order valence-corrected chi connectivity index (χ3v) is 4.54. The Bertz CT molecular complexity index is 650. The molecule has 1 N–H and O–H groups in total. The van der Waals surface area contributed by atoms with Gasteiger partial charge in [0.25, 0.3) is 0 Å². The molecule has 1 amide bonds. The highest BCUT2D eigenvalue weighted by atomic mass is 32.1. The second-order valence-electron chi connectivity index (χ2n) is 5.18. The van der Waals surface area contributed by atoms with E-state index in [2.05, 4.69) is 24.0 Å². The van der Waals surface area contributed by atoms with Crippen molar-refractivity contribution in [2.24, 2.45) is 5.92 Å². The molecule has 0 aliphatic carbocycles. The zero-order chi connectivity index (χ0) is 13.6. The first-order valence-corrected chi connectivity index (χ1v) is 7.19. The molecule has 1 atom stereocenters. The summed E-state index contributed by atoms with van der Waals surface area (Å²) in [4.78, 5) is 18.3. The molecule has 2 aromatic rings. The van der Waals surface area contributed by atoms with Crippen LogP contribution in [0, 0.1) is 19.8 Å². The summed E-state index contributed by atoms with van der Waals surface area (Å²) < 4.78 is 1.12. The zero-order valence-corrected chi connectivity index (χ0v) is 11.8. The minimum Gasteiger partial charge on any atom is -0.396 e. The molecule has 0 saturated carbocycles. The molecule has 100 valence electrons. The number of amides is 1. The van der Waals surface area contributed by atoms with E-state index in [0.717, 1.165) is 20.9 Å². The Labute approximate surface area is 115 Å². The van der Waals surface area contributed by atoms with Gasteiger partial charge in [0, 0.05) is 25.5 Å². The van der Waals surface area contributed by atoms with E-state index >= 15 is 0 Å². The van der Waals surface area contributed by atoms with Crippen LogP contribution >= 0.6 is 11.3 Å². The number of aliphatic hydroxyl groups is 1. The number of nitrogens with zero attached hydrogens (tertiary/aromatic N) is 2. The maximum Gasteiger partial charge on any atom is 0.229 e. The zero-order valence-electron chi connectivity index (χ0n) is 11.0. The number of aryl methyl sites for hydroxylation is 2. The van der Waals surface area contributed by atoms with Gasteiger partial charge in [-0.25, -0.2) is 4.98 Å². The predicted octanol–water partition coefficient (Wildman–Crippen LogP) is 2.26. The van der Waals surface area contributed by atoms with E-state index in [0.29, 0.717) is 13.0 Å². The van der Waals surface area contributed by atoms with Gasteiger partial charge in [0.2, 0.25) is 5.91 Å². The van der Waals surface area contributed by atoms with E-state index in [4.69, 9.17) is 0 Å². The van der Waals surface area contributed by atoms with Crippen LogP contribution in [0.5, 0.6) is 0 Å². The lowest BCUT2D eigenvalue weighted by Crippen LogP contribution is -2.24. The van der Waals surface area contributed by atoms with Crippen LogP contribution in [0.25, 0.3) is 10.2 Å². The first-order valence-electron chi connectivity index (χ1n) is 6.37. The van der Waals surface area contributed by atoms with Crippen LogP contribution in [0.3, 0.4) is 0 Å². The summed E-state index contributed by atoms with van der Waals surface area (Å²) in [6, 6.07) is 4.21. The fourth-order valence-electron chi connectivity index (χ4n) is 2.56. The van der Waals surface area contributed by atoms with Crippen molar-refractivity contribution in [1.82, 2.24) is 4.98 Å². The van der Waals surface area contributed by atoms with Gasteiger partial charge < -0.3 is 5.11 Å².